The molecule has 2 atom stereocenters. The van der Waals surface area contributed by atoms with Gasteiger partial charge in [-0.05, 0) is 55.9 Å². The Morgan fingerprint density at radius 3 is 2.38 bits per heavy atom. The van der Waals surface area contributed by atoms with Gasteiger partial charge in [-0.2, -0.15) is 0 Å². The number of ether oxygens (including phenoxy) is 1. The summed E-state index contributed by atoms with van der Waals surface area (Å²) in [6, 6.07) is 8.94. The zero-order valence-corrected chi connectivity index (χ0v) is 15.1. The lowest BCUT2D eigenvalue weighted by Gasteiger charge is -2.49. The summed E-state index contributed by atoms with van der Waals surface area (Å²) in [5.41, 5.74) is 0.713. The molecule has 0 aromatic heterocycles. The summed E-state index contributed by atoms with van der Waals surface area (Å²) >= 11 is 0. The van der Waals surface area contributed by atoms with E-state index in [1.807, 2.05) is 24.3 Å². The Morgan fingerprint density at radius 1 is 1.21 bits per heavy atom. The molecule has 2 bridgehead atoms. The number of amides is 1. The Balaban J connectivity index is 1.61. The third-order valence-electron chi connectivity index (χ3n) is 5.39. The summed E-state index contributed by atoms with van der Waals surface area (Å²) in [4.78, 5) is 15.2. The van der Waals surface area contributed by atoms with E-state index in [0.29, 0.717) is 29.6 Å². The van der Waals surface area contributed by atoms with Crippen LogP contribution in [0.25, 0.3) is 0 Å². The van der Waals surface area contributed by atoms with Crippen molar-refractivity contribution in [3.8, 4) is 5.75 Å². The fourth-order valence-corrected chi connectivity index (χ4v) is 4.33. The number of hydrogen-bond donors (Lipinski definition) is 1. The molecule has 4 heteroatoms. The molecule has 2 heterocycles. The number of nitrogens with one attached hydrogen (secondary N) is 1. The van der Waals surface area contributed by atoms with E-state index in [1.165, 1.54) is 25.8 Å². The summed E-state index contributed by atoms with van der Waals surface area (Å²) in [6.07, 6.45) is 6.07. The third-order valence-corrected chi connectivity index (χ3v) is 5.39. The summed E-state index contributed by atoms with van der Waals surface area (Å²) in [5, 5.41) is 3.27. The number of benzene rings is 1. The molecule has 24 heavy (non-hydrogen) atoms. The van der Waals surface area contributed by atoms with Crippen LogP contribution in [0.1, 0.15) is 56.3 Å². The summed E-state index contributed by atoms with van der Waals surface area (Å²) in [5.74, 6) is 1.53. The molecule has 4 nitrogen and oxygen atoms in total. The molecule has 2 fully saturated rings. The quantitative estimate of drug-likeness (QED) is 0.899. The Labute approximate surface area is 145 Å². The number of nitrogens with zero attached hydrogens (tertiary/aromatic N) is 1. The highest BCUT2D eigenvalue weighted by Crippen LogP contribution is 2.34. The second kappa shape index (κ2) is 7.56. The Morgan fingerprint density at radius 2 is 1.83 bits per heavy atom. The van der Waals surface area contributed by atoms with Gasteiger partial charge in [0.05, 0.1) is 7.11 Å². The van der Waals surface area contributed by atoms with Gasteiger partial charge in [0.2, 0.25) is 0 Å². The van der Waals surface area contributed by atoms with Crippen LogP contribution in [0.2, 0.25) is 0 Å². The fourth-order valence-electron chi connectivity index (χ4n) is 4.33. The van der Waals surface area contributed by atoms with Crippen LogP contribution in [0, 0.1) is 5.92 Å². The monoisotopic (exact) mass is 330 g/mol. The van der Waals surface area contributed by atoms with E-state index < -0.39 is 0 Å². The van der Waals surface area contributed by atoms with Gasteiger partial charge in [-0.15, -0.1) is 0 Å². The number of fused-ring (bicyclic) bond motifs is 2. The van der Waals surface area contributed by atoms with E-state index in [1.54, 1.807) is 7.11 Å². The van der Waals surface area contributed by atoms with E-state index in [0.717, 1.165) is 18.6 Å². The molecular formula is C20H30N2O2. The summed E-state index contributed by atoms with van der Waals surface area (Å²) < 4.78 is 5.16. The van der Waals surface area contributed by atoms with Gasteiger partial charge in [0.1, 0.15) is 5.75 Å². The molecule has 0 saturated carbocycles. The number of methoxy groups -OCH3 is 1. The van der Waals surface area contributed by atoms with Crippen LogP contribution in [0.15, 0.2) is 24.3 Å². The first-order chi connectivity index (χ1) is 11.6. The van der Waals surface area contributed by atoms with Gasteiger partial charge in [-0.3, -0.25) is 9.69 Å². The van der Waals surface area contributed by atoms with Gasteiger partial charge in [-0.25, -0.2) is 0 Å². The number of piperidine rings is 2. The largest absolute Gasteiger partial charge is 0.497 e. The summed E-state index contributed by atoms with van der Waals surface area (Å²) in [6.45, 7) is 5.79. The van der Waals surface area contributed by atoms with Crippen molar-refractivity contribution < 1.29 is 9.53 Å². The second-order valence-corrected chi connectivity index (χ2v) is 7.70. The van der Waals surface area contributed by atoms with Crippen molar-refractivity contribution in [2.45, 2.75) is 64.1 Å². The Kier molecular flexibility index (Phi) is 5.44. The number of rotatable bonds is 5. The van der Waals surface area contributed by atoms with Gasteiger partial charge in [0, 0.05) is 30.2 Å². The molecule has 2 aliphatic heterocycles. The van der Waals surface area contributed by atoms with Gasteiger partial charge in [-0.1, -0.05) is 20.3 Å². The number of carbonyl (C=O) groups is 1. The molecule has 0 radical (unpaired) electrons. The van der Waals surface area contributed by atoms with Crippen molar-refractivity contribution >= 4 is 5.91 Å². The fraction of sp³-hybridized carbons (Fsp3) is 0.650. The minimum absolute atomic E-state index is 0.0398. The average molecular weight is 330 g/mol. The highest BCUT2D eigenvalue weighted by atomic mass is 16.5. The standard InChI is InChI=1S/C20H30N2O2/c1-14(2)13-22-17-5-4-6-18(22)12-16(11-17)21-20(23)15-7-9-19(24-3)10-8-15/h7-10,14,16-18H,4-6,11-13H2,1-3H3,(H,21,23)/t17-,18-/m0/s1. The maximum Gasteiger partial charge on any atom is 0.251 e. The highest BCUT2D eigenvalue weighted by molar-refractivity contribution is 5.94. The zero-order chi connectivity index (χ0) is 17.1. The molecule has 2 aliphatic rings. The molecule has 0 unspecified atom stereocenters. The SMILES string of the molecule is COc1ccc(C(=O)NC2C[C@@H]3CCC[C@@H](C2)N3CC(C)C)cc1. The molecule has 0 aliphatic carbocycles. The minimum atomic E-state index is 0.0398. The first-order valence-corrected chi connectivity index (χ1v) is 9.27. The van der Waals surface area contributed by atoms with Crippen LogP contribution in [-0.2, 0) is 0 Å². The van der Waals surface area contributed by atoms with Crippen LogP contribution >= 0.6 is 0 Å². The number of hydrogen-bond acceptors (Lipinski definition) is 3. The zero-order valence-electron chi connectivity index (χ0n) is 15.1. The molecule has 1 aromatic rings. The number of carbonyl (C=O) groups excluding carboxylic acids is 1. The molecule has 1 N–H and O–H groups in total. The molecule has 2 saturated heterocycles. The van der Waals surface area contributed by atoms with E-state index in [4.69, 9.17) is 4.74 Å². The van der Waals surface area contributed by atoms with Crippen molar-refractivity contribution in [2.75, 3.05) is 13.7 Å². The smallest absolute Gasteiger partial charge is 0.251 e. The maximum atomic E-state index is 12.5. The van der Waals surface area contributed by atoms with Crippen molar-refractivity contribution in [3.63, 3.8) is 0 Å². The Bertz CT molecular complexity index is 541. The van der Waals surface area contributed by atoms with Gasteiger partial charge in [0.15, 0.2) is 0 Å². The van der Waals surface area contributed by atoms with Crippen LogP contribution in [0.5, 0.6) is 5.75 Å². The van der Waals surface area contributed by atoms with Crippen LogP contribution in [0.3, 0.4) is 0 Å². The lowest BCUT2D eigenvalue weighted by molar-refractivity contribution is 0.0158. The van der Waals surface area contributed by atoms with Gasteiger partial charge >= 0.3 is 0 Å². The maximum absolute atomic E-state index is 12.5. The summed E-state index contributed by atoms with van der Waals surface area (Å²) in [7, 11) is 1.64. The predicted octanol–water partition coefficient (Wildman–Crippen LogP) is 3.47. The van der Waals surface area contributed by atoms with Crippen molar-refractivity contribution in [1.82, 2.24) is 10.2 Å². The topological polar surface area (TPSA) is 41.6 Å². The van der Waals surface area contributed by atoms with E-state index >= 15 is 0 Å². The van der Waals surface area contributed by atoms with Crippen LogP contribution in [-0.4, -0.2) is 42.6 Å². The normalized spacial score (nSPS) is 27.1. The lowest BCUT2D eigenvalue weighted by atomic mass is 9.81. The van der Waals surface area contributed by atoms with Crippen LogP contribution < -0.4 is 10.1 Å². The van der Waals surface area contributed by atoms with E-state index in [9.17, 15) is 4.79 Å². The molecule has 132 valence electrons. The first kappa shape index (κ1) is 17.3. The molecular weight excluding hydrogens is 300 g/mol. The highest BCUT2D eigenvalue weighted by Gasteiger charge is 2.38. The predicted molar refractivity (Wildman–Crippen MR) is 96.5 cm³/mol. The minimum Gasteiger partial charge on any atom is -0.497 e. The Hall–Kier alpha value is -1.55. The molecule has 3 rings (SSSR count). The van der Waals surface area contributed by atoms with Crippen molar-refractivity contribution in [1.29, 1.82) is 0 Å². The first-order valence-electron chi connectivity index (χ1n) is 9.27. The van der Waals surface area contributed by atoms with Gasteiger partial charge < -0.3 is 10.1 Å². The van der Waals surface area contributed by atoms with E-state index in [2.05, 4.69) is 24.1 Å². The molecule has 1 aromatic carbocycles. The third kappa shape index (κ3) is 3.92. The van der Waals surface area contributed by atoms with Gasteiger partial charge in [0.25, 0.3) is 5.91 Å². The van der Waals surface area contributed by atoms with Crippen LogP contribution in [0.4, 0.5) is 0 Å². The van der Waals surface area contributed by atoms with E-state index in [-0.39, 0.29) is 5.91 Å². The molecule has 1 amide bonds. The average Bonchev–Trinajstić information content (AvgIpc) is 2.55. The van der Waals surface area contributed by atoms with Crippen molar-refractivity contribution in [2.24, 2.45) is 5.92 Å². The molecule has 0 spiro atoms. The second-order valence-electron chi connectivity index (χ2n) is 7.70. The lowest BCUT2D eigenvalue weighted by Crippen LogP contribution is -2.57. The van der Waals surface area contributed by atoms with Crippen molar-refractivity contribution in [3.05, 3.63) is 29.8 Å².